The quantitative estimate of drug-likeness (QED) is 0.0297. The van der Waals surface area contributed by atoms with Crippen molar-refractivity contribution in [1.82, 2.24) is 52.3 Å². The van der Waals surface area contributed by atoms with E-state index in [1.54, 1.807) is 13.8 Å². The second-order valence-corrected chi connectivity index (χ2v) is 22.4. The Balaban J connectivity index is 1.31. The van der Waals surface area contributed by atoms with E-state index in [0.29, 0.717) is 70.6 Å². The van der Waals surface area contributed by atoms with Gasteiger partial charge in [0.05, 0.1) is 47.6 Å². The molecule has 0 aliphatic carbocycles. The first-order valence-corrected chi connectivity index (χ1v) is 28.7. The van der Waals surface area contributed by atoms with Crippen LogP contribution in [0.3, 0.4) is 0 Å². The molecule has 0 bridgehead atoms. The highest BCUT2D eigenvalue weighted by Gasteiger charge is 2.52. The first-order valence-electron chi connectivity index (χ1n) is 26.7. The molecule has 0 radical (unpaired) electrons. The molecule has 18 N–H and O–H groups in total. The molecule has 80 heavy (non-hydrogen) atoms. The number of hydrogen-bond donors (Lipinski definition) is 18. The molecule has 0 aromatic carbocycles. The maximum Gasteiger partial charge on any atom is 0.186 e. The van der Waals surface area contributed by atoms with Gasteiger partial charge in [-0.3, -0.25) is 9.80 Å². The minimum Gasteiger partial charge on any atom is -0.394 e. The highest BCUT2D eigenvalue weighted by Crippen LogP contribution is 2.33. The zero-order chi connectivity index (χ0) is 59.2. The maximum atomic E-state index is 11.0. The molecule has 4 rings (SSSR count). The summed E-state index contributed by atoms with van der Waals surface area (Å²) in [7, 11) is 2.53. The topological polar surface area (TPSA) is 379 Å². The van der Waals surface area contributed by atoms with Crippen LogP contribution in [0.2, 0.25) is 0 Å². The molecule has 0 saturated carbocycles. The monoisotopic (exact) mass is 1240 g/mol. The summed E-state index contributed by atoms with van der Waals surface area (Å²) in [6, 6.07) is 0. The summed E-state index contributed by atoms with van der Waals surface area (Å²) in [6.07, 6.45) is -23.9. The Morgan fingerprint density at radius 1 is 0.400 bits per heavy atom. The first kappa shape index (κ1) is 70.5. The second kappa shape index (κ2) is 36.1. The summed E-state index contributed by atoms with van der Waals surface area (Å²) in [5.41, 5.74) is 0. The van der Waals surface area contributed by atoms with Crippen LogP contribution in [0.25, 0.3) is 0 Å². The number of methoxy groups -OCH3 is 2. The number of nitrogens with one attached hydrogen (secondary N) is 8. The molecular weight excluding hydrogens is 1150 g/mol. The highest BCUT2D eigenvalue weighted by atomic mass is 32.1. The van der Waals surface area contributed by atoms with E-state index in [1.165, 1.54) is 14.2 Å². The van der Waals surface area contributed by atoms with Crippen molar-refractivity contribution in [1.29, 1.82) is 0 Å². The molecule has 0 amide bonds. The molecule has 4 aliphatic heterocycles. The Labute approximate surface area is 494 Å². The zero-order valence-electron chi connectivity index (χ0n) is 46.0. The lowest BCUT2D eigenvalue weighted by Gasteiger charge is -2.46. The van der Waals surface area contributed by atoms with E-state index < -0.39 is 136 Å². The van der Waals surface area contributed by atoms with E-state index in [2.05, 4.69) is 52.3 Å². The normalized spacial score (nSPS) is 34.5. The molecule has 4 saturated heterocycles. The summed E-state index contributed by atoms with van der Waals surface area (Å²) >= 11 is 27.2. The fourth-order valence-corrected chi connectivity index (χ4v) is 10.1. The first-order chi connectivity index (χ1) is 38.0. The van der Waals surface area contributed by atoms with Crippen molar-refractivity contribution in [2.45, 2.75) is 138 Å². The van der Waals surface area contributed by atoms with Gasteiger partial charge in [0.15, 0.2) is 40.5 Å². The smallest absolute Gasteiger partial charge is 0.186 e. The van der Waals surface area contributed by atoms with Gasteiger partial charge in [0.1, 0.15) is 61.0 Å². The number of ether oxygens (including phenoxy) is 8. The maximum absolute atomic E-state index is 11.0. The summed E-state index contributed by atoms with van der Waals surface area (Å²) in [4.78, 5) is 5.86. The van der Waals surface area contributed by atoms with Gasteiger partial charge in [-0.1, -0.05) is 38.3 Å². The van der Waals surface area contributed by atoms with Crippen molar-refractivity contribution in [3.63, 3.8) is 0 Å². The van der Waals surface area contributed by atoms with Gasteiger partial charge < -0.3 is 131 Å². The Morgan fingerprint density at radius 2 is 0.675 bits per heavy atom. The van der Waals surface area contributed by atoms with E-state index in [9.17, 15) is 51.1 Å². The van der Waals surface area contributed by atoms with Crippen molar-refractivity contribution in [2.75, 3.05) is 119 Å². The Kier molecular flexibility index (Phi) is 31.9. The molecule has 0 spiro atoms. The molecule has 0 aromatic rings. The number of rotatable bonds is 30. The van der Waals surface area contributed by atoms with Crippen molar-refractivity contribution < 1.29 is 89.0 Å². The summed E-state index contributed by atoms with van der Waals surface area (Å²) in [6.45, 7) is 13.0. The van der Waals surface area contributed by atoms with E-state index in [-0.39, 0.29) is 23.3 Å². The van der Waals surface area contributed by atoms with Crippen LogP contribution >= 0.6 is 61.1 Å². The van der Waals surface area contributed by atoms with Gasteiger partial charge in [0, 0.05) is 118 Å². The molecule has 33 heteroatoms. The van der Waals surface area contributed by atoms with Crippen molar-refractivity contribution in [2.24, 2.45) is 11.8 Å². The minimum atomic E-state index is -1.58. The lowest BCUT2D eigenvalue weighted by Crippen LogP contribution is -2.64. The minimum absolute atomic E-state index is 0.0792. The van der Waals surface area contributed by atoms with Gasteiger partial charge in [0.25, 0.3) is 0 Å². The molecule has 4 aliphatic rings. The van der Waals surface area contributed by atoms with Gasteiger partial charge >= 0.3 is 0 Å². The van der Waals surface area contributed by atoms with Gasteiger partial charge in [-0.05, 0) is 50.5 Å². The number of hydrogen-bond acceptors (Lipinski definition) is 25. The lowest BCUT2D eigenvalue weighted by molar-refractivity contribution is -0.351. The Morgan fingerprint density at radius 3 is 0.963 bits per heavy atom. The van der Waals surface area contributed by atoms with Crippen LogP contribution in [0.4, 0.5) is 0 Å². The van der Waals surface area contributed by atoms with Crippen LogP contribution in [0.1, 0.15) is 27.7 Å². The van der Waals surface area contributed by atoms with E-state index >= 15 is 0 Å². The summed E-state index contributed by atoms with van der Waals surface area (Å²) in [5, 5.41) is 133. The highest BCUT2D eigenvalue weighted by molar-refractivity contribution is 7.81. The molecule has 4 heterocycles. The number of thiocarbonyl (C=S) groups is 5. The van der Waals surface area contributed by atoms with E-state index in [1.807, 2.05) is 13.8 Å². The Hall–Kier alpha value is -1.95. The largest absolute Gasteiger partial charge is 0.394 e. The van der Waals surface area contributed by atoms with Gasteiger partial charge in [-0.2, -0.15) is 0 Å². The average molecular weight is 1240 g/mol. The zero-order valence-corrected chi connectivity index (χ0v) is 50.1. The predicted molar refractivity (Wildman–Crippen MR) is 310 cm³/mol. The average Bonchev–Trinajstić information content (AvgIpc) is 3.47. The van der Waals surface area contributed by atoms with Crippen LogP contribution in [-0.4, -0.2) is 316 Å². The van der Waals surface area contributed by atoms with E-state index in [0.717, 1.165) is 23.1 Å². The van der Waals surface area contributed by atoms with Crippen molar-refractivity contribution in [3.05, 3.63) is 0 Å². The van der Waals surface area contributed by atoms with Crippen LogP contribution < -0.4 is 42.5 Å². The molecular formula is C47H88N10O18S5. The van der Waals surface area contributed by atoms with Crippen molar-refractivity contribution >= 4 is 86.4 Å². The standard InChI is InChI=1S/C47H88N10O18S5/c1-23-27(70-43(35(64)31(23)60)74-39-29(21-58)72-41(68-5)37(66)33(39)62)19-54-46(79)52-11-17-57(16-10-51-45(78)50-9-15-56(13-7-48-25(3)76)14-8-49-26(4)77)18-12-53-47(80)55-20-28-24(2)32(61)36(65)44(71-28)75-40-30(22-59)73-42(69-6)38(67)34(40)63/h23-24,27-44,58-67H,7-22H2,1-6H3,(H,48,76)(H,49,77)(H2,50,51,78)(H2,52,54,79)(H2,53,55,80). The predicted octanol–water partition coefficient (Wildman–Crippen LogP) is -7.04. The van der Waals surface area contributed by atoms with Crippen LogP contribution in [0.15, 0.2) is 0 Å². The molecule has 20 atom stereocenters. The molecule has 20 unspecified atom stereocenters. The fourth-order valence-electron chi connectivity index (χ4n) is 9.31. The third-order valence-corrected chi connectivity index (χ3v) is 15.4. The van der Waals surface area contributed by atoms with Gasteiger partial charge in [-0.25, -0.2) is 0 Å². The number of nitrogens with zero attached hydrogens (tertiary/aromatic N) is 2. The second-order valence-electron chi connectivity index (χ2n) is 20.0. The van der Waals surface area contributed by atoms with E-state index in [4.69, 9.17) is 99.0 Å². The van der Waals surface area contributed by atoms with Crippen LogP contribution in [0, 0.1) is 11.8 Å². The molecule has 0 aromatic heterocycles. The summed E-state index contributed by atoms with van der Waals surface area (Å²) < 4.78 is 45.0. The lowest BCUT2D eigenvalue weighted by atomic mass is 9.90. The van der Waals surface area contributed by atoms with Crippen molar-refractivity contribution in [3.8, 4) is 0 Å². The molecule has 28 nitrogen and oxygen atoms in total. The molecule has 4 fully saturated rings. The van der Waals surface area contributed by atoms with Crippen LogP contribution in [-0.2, 0) is 37.9 Å². The molecule has 464 valence electrons. The third kappa shape index (κ3) is 21.8. The summed E-state index contributed by atoms with van der Waals surface area (Å²) in [5.74, 6) is -1.21. The van der Waals surface area contributed by atoms with Gasteiger partial charge in [-0.15, -0.1) is 0 Å². The fraction of sp³-hybridized carbons (Fsp3) is 0.894. The van der Waals surface area contributed by atoms with Crippen LogP contribution in [0.5, 0.6) is 0 Å². The Bertz CT molecular complexity index is 1780. The third-order valence-electron chi connectivity index (χ3n) is 14.2. The number of aliphatic hydroxyl groups is 10. The number of aliphatic hydroxyl groups excluding tert-OH is 10. The van der Waals surface area contributed by atoms with Gasteiger partial charge in [0.2, 0.25) is 0 Å². The SMILES string of the molecule is COC1OC(CO)C(OC2OC(CNC(=S)NCCN(CCNC(=S)NCCN(CCNC(C)=S)CCNC(C)=S)CCNC(=S)NCC3OC(OC4C(CO)OC(OC)C(O)C4O)C(O)C(O)C3C)C(C)C(O)C2O)C(O)C1O.